The van der Waals surface area contributed by atoms with Gasteiger partial charge in [-0.3, -0.25) is 4.79 Å². The fourth-order valence-corrected chi connectivity index (χ4v) is 3.22. The average molecular weight is 349 g/mol. The maximum Gasteiger partial charge on any atom is 0.274 e. The number of halogens is 1. The number of aryl methyl sites for hydroxylation is 1. The number of rotatable bonds is 5. The lowest BCUT2D eigenvalue weighted by molar-refractivity contribution is 0.731. The first-order valence-corrected chi connectivity index (χ1v) is 8.78. The molecule has 3 aromatic heterocycles. The highest BCUT2D eigenvalue weighted by Crippen LogP contribution is 2.20. The maximum atomic E-state index is 12.2. The average Bonchev–Trinajstić information content (AvgIpc) is 2.96. The Bertz CT molecular complexity index is 885. The van der Waals surface area contributed by atoms with Crippen LogP contribution < -0.4 is 5.56 Å². The van der Waals surface area contributed by atoms with Gasteiger partial charge in [-0.05, 0) is 30.7 Å². The first-order chi connectivity index (χ1) is 11.1. The molecule has 0 aliphatic heterocycles. The molecular weight excluding hydrogens is 332 g/mol. The van der Waals surface area contributed by atoms with E-state index in [1.54, 1.807) is 30.1 Å². The predicted octanol–water partition coefficient (Wildman–Crippen LogP) is 3.40. The Balaban J connectivity index is 2.05. The fourth-order valence-electron chi connectivity index (χ4n) is 2.37. The molecule has 0 radical (unpaired) electrons. The van der Waals surface area contributed by atoms with Gasteiger partial charge < -0.3 is 4.57 Å². The van der Waals surface area contributed by atoms with Gasteiger partial charge in [-0.25, -0.2) is 4.98 Å². The second-order valence-electron chi connectivity index (χ2n) is 5.30. The Labute approximate surface area is 143 Å². The maximum absolute atomic E-state index is 12.2. The van der Waals surface area contributed by atoms with Crippen LogP contribution in [0.2, 0.25) is 5.15 Å². The van der Waals surface area contributed by atoms with E-state index in [9.17, 15) is 4.79 Å². The molecule has 0 unspecified atom stereocenters. The zero-order chi connectivity index (χ0) is 16.4. The minimum Gasteiger partial charge on any atom is -0.326 e. The van der Waals surface area contributed by atoms with Crippen LogP contribution in [0, 0.1) is 6.92 Å². The Morgan fingerprint density at radius 1 is 1.30 bits per heavy atom. The molecule has 0 N–H and O–H groups in total. The number of aromatic nitrogens is 4. The summed E-state index contributed by atoms with van der Waals surface area (Å²) in [6.07, 6.45) is 2.82. The molecule has 0 aromatic carbocycles. The van der Waals surface area contributed by atoms with Crippen molar-refractivity contribution in [3.63, 3.8) is 0 Å². The number of hydrogen-bond donors (Lipinski definition) is 0. The van der Waals surface area contributed by atoms with Crippen molar-refractivity contribution < 1.29 is 0 Å². The van der Waals surface area contributed by atoms with Gasteiger partial charge in [-0.2, -0.15) is 9.61 Å². The van der Waals surface area contributed by atoms with Crippen molar-refractivity contribution in [1.29, 1.82) is 0 Å². The van der Waals surface area contributed by atoms with Crippen molar-refractivity contribution in [2.75, 3.05) is 5.75 Å². The van der Waals surface area contributed by atoms with Crippen LogP contribution in [-0.4, -0.2) is 24.9 Å². The molecule has 120 valence electrons. The zero-order valence-electron chi connectivity index (χ0n) is 13.0. The van der Waals surface area contributed by atoms with Crippen molar-refractivity contribution >= 4 is 29.0 Å². The lowest BCUT2D eigenvalue weighted by Crippen LogP contribution is -2.20. The van der Waals surface area contributed by atoms with Crippen LogP contribution in [0.25, 0.3) is 5.65 Å². The number of hydrogen-bond acceptors (Lipinski definition) is 4. The highest BCUT2D eigenvalue weighted by atomic mass is 35.5. The topological polar surface area (TPSA) is 52.2 Å². The van der Waals surface area contributed by atoms with Gasteiger partial charge in [0.1, 0.15) is 15.8 Å². The van der Waals surface area contributed by atoms with E-state index in [0.717, 1.165) is 34.1 Å². The summed E-state index contributed by atoms with van der Waals surface area (Å²) in [5.74, 6) is 0.984. The quantitative estimate of drug-likeness (QED) is 0.524. The van der Waals surface area contributed by atoms with Gasteiger partial charge in [0.15, 0.2) is 0 Å². The summed E-state index contributed by atoms with van der Waals surface area (Å²) in [6.45, 7) is 4.67. The van der Waals surface area contributed by atoms with Crippen LogP contribution in [0.1, 0.15) is 24.6 Å². The van der Waals surface area contributed by atoms with E-state index in [1.165, 1.54) is 4.52 Å². The van der Waals surface area contributed by atoms with E-state index in [2.05, 4.69) is 21.6 Å². The van der Waals surface area contributed by atoms with Gasteiger partial charge in [0.05, 0.1) is 6.54 Å². The number of thioether (sulfide) groups is 1. The van der Waals surface area contributed by atoms with Crippen molar-refractivity contribution in [2.45, 2.75) is 31.8 Å². The standard InChI is InChI=1S/C16H17ClN4OS/c1-3-6-23-14-8-15-20(10-12-4-5-13(17)18-9-12)11(2)7-16(22)21(15)19-14/h4-5,7-9H,3,6,10H2,1-2H3. The Morgan fingerprint density at radius 3 is 2.83 bits per heavy atom. The largest absolute Gasteiger partial charge is 0.326 e. The van der Waals surface area contributed by atoms with Crippen molar-refractivity contribution in [1.82, 2.24) is 19.2 Å². The summed E-state index contributed by atoms with van der Waals surface area (Å²) >= 11 is 7.50. The van der Waals surface area contributed by atoms with E-state index >= 15 is 0 Å². The summed E-state index contributed by atoms with van der Waals surface area (Å²) in [5, 5.41) is 5.76. The molecule has 7 heteroatoms. The monoisotopic (exact) mass is 348 g/mol. The van der Waals surface area contributed by atoms with Gasteiger partial charge in [0.2, 0.25) is 0 Å². The SMILES string of the molecule is CCCSc1cc2n(Cc3ccc(Cl)nc3)c(C)cc(=O)n2n1. The number of pyridine rings is 1. The molecule has 23 heavy (non-hydrogen) atoms. The summed E-state index contributed by atoms with van der Waals surface area (Å²) in [4.78, 5) is 16.3. The normalized spacial score (nSPS) is 11.3. The van der Waals surface area contributed by atoms with Gasteiger partial charge in [0, 0.05) is 24.0 Å². The van der Waals surface area contributed by atoms with Gasteiger partial charge in [-0.1, -0.05) is 24.6 Å². The van der Waals surface area contributed by atoms with Gasteiger partial charge in [0.25, 0.3) is 5.56 Å². The van der Waals surface area contributed by atoms with Crippen LogP contribution >= 0.6 is 23.4 Å². The van der Waals surface area contributed by atoms with Crippen molar-refractivity contribution in [2.24, 2.45) is 0 Å². The molecule has 0 saturated carbocycles. The predicted molar refractivity (Wildman–Crippen MR) is 93.6 cm³/mol. The molecule has 0 aliphatic carbocycles. The molecular formula is C16H17ClN4OS. The summed E-state index contributed by atoms with van der Waals surface area (Å²) in [6, 6.07) is 7.28. The summed E-state index contributed by atoms with van der Waals surface area (Å²) < 4.78 is 3.53. The van der Waals surface area contributed by atoms with Gasteiger partial charge >= 0.3 is 0 Å². The fraction of sp³-hybridized carbons (Fsp3) is 0.312. The third-order valence-electron chi connectivity index (χ3n) is 3.49. The van der Waals surface area contributed by atoms with E-state index in [0.29, 0.717) is 11.7 Å². The van der Waals surface area contributed by atoms with Crippen LogP contribution in [0.3, 0.4) is 0 Å². The van der Waals surface area contributed by atoms with Crippen molar-refractivity contribution in [3.05, 3.63) is 57.2 Å². The lowest BCUT2D eigenvalue weighted by atomic mass is 10.2. The lowest BCUT2D eigenvalue weighted by Gasteiger charge is -2.12. The molecule has 0 aliphatic rings. The molecule has 3 heterocycles. The molecule has 3 rings (SSSR count). The molecule has 0 spiro atoms. The van der Waals surface area contributed by atoms with Crippen LogP contribution in [0.4, 0.5) is 0 Å². The zero-order valence-corrected chi connectivity index (χ0v) is 14.6. The Kier molecular flexibility index (Phi) is 4.73. The second-order valence-corrected chi connectivity index (χ2v) is 6.80. The van der Waals surface area contributed by atoms with E-state index in [1.807, 2.05) is 19.1 Å². The molecule has 0 bridgehead atoms. The minimum atomic E-state index is -0.105. The summed E-state index contributed by atoms with van der Waals surface area (Å²) in [5.41, 5.74) is 2.60. The first kappa shape index (κ1) is 16.1. The van der Waals surface area contributed by atoms with E-state index in [4.69, 9.17) is 11.6 Å². The van der Waals surface area contributed by atoms with E-state index < -0.39 is 0 Å². The number of fused-ring (bicyclic) bond motifs is 1. The number of nitrogens with zero attached hydrogens (tertiary/aromatic N) is 4. The summed E-state index contributed by atoms with van der Waals surface area (Å²) in [7, 11) is 0. The third-order valence-corrected chi connectivity index (χ3v) is 4.83. The van der Waals surface area contributed by atoms with Crippen LogP contribution in [0.5, 0.6) is 0 Å². The highest BCUT2D eigenvalue weighted by Gasteiger charge is 2.11. The Morgan fingerprint density at radius 2 is 2.13 bits per heavy atom. The molecule has 0 fully saturated rings. The van der Waals surface area contributed by atoms with Gasteiger partial charge in [-0.15, -0.1) is 11.8 Å². The molecule has 0 saturated heterocycles. The van der Waals surface area contributed by atoms with Crippen LogP contribution in [0.15, 0.2) is 40.3 Å². The van der Waals surface area contributed by atoms with Crippen molar-refractivity contribution in [3.8, 4) is 0 Å². The Hall–Kier alpha value is -1.79. The third kappa shape index (κ3) is 3.43. The first-order valence-electron chi connectivity index (χ1n) is 7.42. The van der Waals surface area contributed by atoms with Crippen LogP contribution in [-0.2, 0) is 6.54 Å². The molecule has 5 nitrogen and oxygen atoms in total. The molecule has 0 amide bonds. The second kappa shape index (κ2) is 6.76. The molecule has 0 atom stereocenters. The molecule has 3 aromatic rings. The van der Waals surface area contributed by atoms with E-state index in [-0.39, 0.29) is 5.56 Å². The highest BCUT2D eigenvalue weighted by molar-refractivity contribution is 7.99. The smallest absolute Gasteiger partial charge is 0.274 e. The minimum absolute atomic E-state index is 0.105.